The molecule has 0 radical (unpaired) electrons. The van der Waals surface area contributed by atoms with E-state index in [-0.39, 0.29) is 11.6 Å². The molecule has 1 saturated carbocycles. The highest BCUT2D eigenvalue weighted by atomic mass is 28.1. The molecule has 1 aliphatic carbocycles. The minimum Gasteiger partial charge on any atom is -0.494 e. The lowest BCUT2D eigenvalue weighted by Crippen LogP contribution is -2.53. The van der Waals surface area contributed by atoms with Crippen LogP contribution in [0.4, 0.5) is 0 Å². The van der Waals surface area contributed by atoms with Gasteiger partial charge in [-0.2, -0.15) is 0 Å². The third kappa shape index (κ3) is 5.40. The number of aromatic nitrogens is 1. The fourth-order valence-electron chi connectivity index (χ4n) is 5.46. The summed E-state index contributed by atoms with van der Waals surface area (Å²) in [6.45, 7) is 5.15. The van der Waals surface area contributed by atoms with Gasteiger partial charge in [-0.3, -0.25) is 9.78 Å². The largest absolute Gasteiger partial charge is 0.494 e. The number of fused-ring (bicyclic) bond motifs is 1. The van der Waals surface area contributed by atoms with Crippen LogP contribution in [0.5, 0.6) is 5.75 Å². The number of nitrogens with one attached hydrogen (secondary N) is 2. The van der Waals surface area contributed by atoms with Gasteiger partial charge in [-0.05, 0) is 92.2 Å². The first-order chi connectivity index (χ1) is 18.9. The second kappa shape index (κ2) is 10.4. The van der Waals surface area contributed by atoms with Crippen LogP contribution in [0.1, 0.15) is 57.4 Å². The van der Waals surface area contributed by atoms with Gasteiger partial charge in [0.25, 0.3) is 5.91 Å². The lowest BCUT2D eigenvalue weighted by atomic mass is 9.95. The second-order valence-corrected chi connectivity index (χ2v) is 12.2. The number of ether oxygens (including phenoxy) is 1. The van der Waals surface area contributed by atoms with E-state index < -0.39 is 5.54 Å². The number of rotatable bonds is 8. The molecule has 1 saturated heterocycles. The molecule has 0 unspecified atom stereocenters. The molecule has 39 heavy (non-hydrogen) atoms. The van der Waals surface area contributed by atoms with Crippen LogP contribution >= 0.6 is 0 Å². The minimum absolute atomic E-state index is 0.0557. The van der Waals surface area contributed by atoms with E-state index in [0.717, 1.165) is 75.0 Å². The van der Waals surface area contributed by atoms with Gasteiger partial charge < -0.3 is 15.4 Å². The SMILES string of the molecule is Cc1cccc(/C=C/c2cc(C3(NC(=O)c4cc(O[C@@H]([SiH3])[C@@H]5CCN5)ccc4C)CC3)c3cccnc3c2)c1. The molecule has 2 atom stereocenters. The maximum absolute atomic E-state index is 13.7. The summed E-state index contributed by atoms with van der Waals surface area (Å²) in [5.74, 6) is 0.710. The van der Waals surface area contributed by atoms with Gasteiger partial charge in [0, 0.05) is 23.2 Å². The van der Waals surface area contributed by atoms with Gasteiger partial charge in [-0.15, -0.1) is 0 Å². The molecule has 0 bridgehead atoms. The summed E-state index contributed by atoms with van der Waals surface area (Å²) in [7, 11) is 0.933. The van der Waals surface area contributed by atoms with E-state index in [1.165, 1.54) is 5.56 Å². The van der Waals surface area contributed by atoms with Gasteiger partial charge in [-0.25, -0.2) is 0 Å². The molecule has 2 aliphatic rings. The molecule has 4 aromatic rings. The number of benzene rings is 3. The van der Waals surface area contributed by atoms with E-state index in [1.807, 2.05) is 37.4 Å². The number of nitrogens with zero attached hydrogens (tertiary/aromatic N) is 1. The van der Waals surface area contributed by atoms with Crippen LogP contribution < -0.4 is 15.4 Å². The molecule has 0 spiro atoms. The molecule has 2 heterocycles. The quantitative estimate of drug-likeness (QED) is 0.251. The first kappa shape index (κ1) is 25.5. The summed E-state index contributed by atoms with van der Waals surface area (Å²) >= 11 is 0. The summed E-state index contributed by atoms with van der Waals surface area (Å²) in [6.07, 6.45) is 9.06. The molecule has 6 heteroatoms. The second-order valence-electron chi connectivity index (χ2n) is 11.1. The lowest BCUT2D eigenvalue weighted by molar-refractivity contribution is 0.0929. The first-order valence-corrected chi connectivity index (χ1v) is 15.0. The van der Waals surface area contributed by atoms with Crippen molar-refractivity contribution in [1.82, 2.24) is 15.6 Å². The van der Waals surface area contributed by atoms with Crippen LogP contribution in [0.2, 0.25) is 0 Å². The summed E-state index contributed by atoms with van der Waals surface area (Å²) in [4.78, 5) is 18.4. The van der Waals surface area contributed by atoms with Gasteiger partial charge in [-0.1, -0.05) is 54.1 Å². The van der Waals surface area contributed by atoms with Crippen molar-refractivity contribution in [2.75, 3.05) is 6.54 Å². The van der Waals surface area contributed by atoms with Crippen LogP contribution in [0.3, 0.4) is 0 Å². The number of carbonyl (C=O) groups is 1. The standard InChI is InChI=1S/C33H35N3O2Si/c1-21-5-3-6-23(17-21)9-10-24-18-28(26-7-4-15-34-30(26)19-24)33(13-14-33)36-31(37)27-20-25(11-8-22(27)2)38-32(39)29-12-16-35-29/h3-11,15,17-20,29,32,35H,12-14,16H2,1-2,39H3,(H,36,37)/b10-9+/t29-,32-/m0/s1. The van der Waals surface area contributed by atoms with Crippen LogP contribution in [0.15, 0.2) is 72.9 Å². The topological polar surface area (TPSA) is 63.2 Å². The van der Waals surface area contributed by atoms with E-state index >= 15 is 0 Å². The van der Waals surface area contributed by atoms with Crippen molar-refractivity contribution in [3.8, 4) is 5.75 Å². The highest BCUT2D eigenvalue weighted by Gasteiger charge is 2.47. The van der Waals surface area contributed by atoms with E-state index in [4.69, 9.17) is 4.74 Å². The monoisotopic (exact) mass is 533 g/mol. The Morgan fingerprint density at radius 3 is 2.64 bits per heavy atom. The van der Waals surface area contributed by atoms with Crippen LogP contribution in [0, 0.1) is 13.8 Å². The van der Waals surface area contributed by atoms with Crippen molar-refractivity contribution < 1.29 is 9.53 Å². The van der Waals surface area contributed by atoms with Crippen molar-refractivity contribution in [3.05, 3.63) is 106 Å². The Balaban J connectivity index is 1.29. The van der Waals surface area contributed by atoms with Gasteiger partial charge >= 0.3 is 0 Å². The van der Waals surface area contributed by atoms with E-state index in [2.05, 4.69) is 77.2 Å². The molecular formula is C33H35N3O2Si. The lowest BCUT2D eigenvalue weighted by Gasteiger charge is -2.33. The highest BCUT2D eigenvalue weighted by molar-refractivity contribution is 6.11. The number of aryl methyl sites for hydroxylation is 2. The van der Waals surface area contributed by atoms with Crippen molar-refractivity contribution >= 4 is 39.2 Å². The molecule has 5 nitrogen and oxygen atoms in total. The number of carbonyl (C=O) groups excluding carboxylic acids is 1. The zero-order valence-corrected chi connectivity index (χ0v) is 24.8. The normalized spacial score (nSPS) is 18.6. The van der Waals surface area contributed by atoms with Gasteiger partial charge in [0.2, 0.25) is 0 Å². The molecule has 1 aliphatic heterocycles. The maximum atomic E-state index is 13.7. The Hall–Kier alpha value is -3.74. The Kier molecular flexibility index (Phi) is 6.83. The highest BCUT2D eigenvalue weighted by Crippen LogP contribution is 2.48. The van der Waals surface area contributed by atoms with Crippen LogP contribution in [0.25, 0.3) is 23.1 Å². The van der Waals surface area contributed by atoms with E-state index in [0.29, 0.717) is 11.6 Å². The Bertz CT molecular complexity index is 1570. The molecule has 2 N–H and O–H groups in total. The summed E-state index contributed by atoms with van der Waals surface area (Å²) in [5, 5.41) is 7.94. The summed E-state index contributed by atoms with van der Waals surface area (Å²) in [5.41, 5.74) is 6.96. The molecule has 6 rings (SSSR count). The number of hydrogen-bond acceptors (Lipinski definition) is 4. The van der Waals surface area contributed by atoms with E-state index in [1.54, 1.807) is 0 Å². The van der Waals surface area contributed by atoms with E-state index in [9.17, 15) is 4.79 Å². The zero-order chi connectivity index (χ0) is 27.0. The summed E-state index contributed by atoms with van der Waals surface area (Å²) < 4.78 is 6.24. The van der Waals surface area contributed by atoms with Crippen molar-refractivity contribution in [2.24, 2.45) is 0 Å². The van der Waals surface area contributed by atoms with Crippen LogP contribution in [-0.2, 0) is 5.54 Å². The molecule has 198 valence electrons. The van der Waals surface area contributed by atoms with Crippen LogP contribution in [-0.4, -0.2) is 39.4 Å². The Labute approximate surface area is 233 Å². The predicted molar refractivity (Wildman–Crippen MR) is 162 cm³/mol. The molecule has 2 fully saturated rings. The number of amides is 1. The first-order valence-electron chi connectivity index (χ1n) is 13.9. The average Bonchev–Trinajstić information content (AvgIpc) is 3.67. The molecule has 1 aromatic heterocycles. The zero-order valence-electron chi connectivity index (χ0n) is 22.8. The van der Waals surface area contributed by atoms with Crippen molar-refractivity contribution in [3.63, 3.8) is 0 Å². The fraction of sp³-hybridized carbons (Fsp3) is 0.273. The Morgan fingerprint density at radius 2 is 1.90 bits per heavy atom. The smallest absolute Gasteiger partial charge is 0.252 e. The average molecular weight is 534 g/mol. The summed E-state index contributed by atoms with van der Waals surface area (Å²) in [6, 6.07) is 23.2. The number of hydrogen-bond donors (Lipinski definition) is 2. The maximum Gasteiger partial charge on any atom is 0.252 e. The fourth-order valence-corrected chi connectivity index (χ4v) is 6.30. The predicted octanol–water partition coefficient (Wildman–Crippen LogP) is 4.87. The number of pyridine rings is 1. The van der Waals surface area contributed by atoms with Gasteiger partial charge in [0.05, 0.1) is 27.0 Å². The molecule has 1 amide bonds. The minimum atomic E-state index is -0.398. The third-order valence-corrected chi connectivity index (χ3v) is 9.12. The van der Waals surface area contributed by atoms with Crippen molar-refractivity contribution in [1.29, 1.82) is 0 Å². The van der Waals surface area contributed by atoms with Gasteiger partial charge in [0.15, 0.2) is 0 Å². The van der Waals surface area contributed by atoms with Crippen molar-refractivity contribution in [2.45, 2.75) is 50.4 Å². The Morgan fingerprint density at radius 1 is 1.08 bits per heavy atom. The third-order valence-electron chi connectivity index (χ3n) is 8.08. The molecule has 3 aromatic carbocycles. The molecular weight excluding hydrogens is 498 g/mol. The van der Waals surface area contributed by atoms with Gasteiger partial charge in [0.1, 0.15) is 5.75 Å².